The predicted molar refractivity (Wildman–Crippen MR) is 107 cm³/mol. The highest BCUT2D eigenvalue weighted by Gasteiger charge is 2.32. The van der Waals surface area contributed by atoms with Crippen LogP contribution in [0, 0.1) is 11.2 Å². The van der Waals surface area contributed by atoms with Gasteiger partial charge >= 0.3 is 0 Å². The molecule has 1 atom stereocenters. The lowest BCUT2D eigenvalue weighted by atomic mass is 10.2. The van der Waals surface area contributed by atoms with Crippen LogP contribution in [-0.2, 0) is 0 Å². The average Bonchev–Trinajstić information content (AvgIpc) is 3.41. The van der Waals surface area contributed by atoms with Gasteiger partial charge in [-0.15, -0.1) is 0 Å². The number of alkyl halides is 1. The van der Waals surface area contributed by atoms with Crippen LogP contribution in [0.2, 0.25) is 0 Å². The second-order valence-corrected chi connectivity index (χ2v) is 8.36. The van der Waals surface area contributed by atoms with Gasteiger partial charge in [-0.05, 0) is 31.9 Å². The molecule has 2 N–H and O–H groups in total. The van der Waals surface area contributed by atoms with Crippen molar-refractivity contribution in [1.29, 1.82) is 5.41 Å². The Morgan fingerprint density at radius 2 is 2.07 bits per heavy atom. The molecule has 0 bridgehead atoms. The first-order chi connectivity index (χ1) is 13.0. The molecule has 2 aliphatic rings. The molecule has 1 aromatic heterocycles. The third-order valence-corrected chi connectivity index (χ3v) is 5.81. The van der Waals surface area contributed by atoms with Crippen molar-refractivity contribution in [2.24, 2.45) is 0 Å². The van der Waals surface area contributed by atoms with Gasteiger partial charge in [0, 0.05) is 44.3 Å². The number of amidine groups is 1. The maximum absolute atomic E-state index is 14.9. The molecule has 1 saturated carbocycles. The molecule has 2 fully saturated rings. The second-order valence-electron chi connectivity index (χ2n) is 7.09. The first-order valence-electron chi connectivity index (χ1n) is 9.26. The third-order valence-electron chi connectivity index (χ3n) is 4.99. The number of benzene rings is 1. The van der Waals surface area contributed by atoms with Crippen LogP contribution in [0.4, 0.5) is 20.3 Å². The maximum atomic E-state index is 14.9. The van der Waals surface area contributed by atoms with Gasteiger partial charge in [0.1, 0.15) is 16.8 Å². The lowest BCUT2D eigenvalue weighted by molar-refractivity contribution is 0.485. The van der Waals surface area contributed by atoms with Crippen molar-refractivity contribution in [2.75, 3.05) is 43.0 Å². The Morgan fingerprint density at radius 3 is 2.70 bits per heavy atom. The van der Waals surface area contributed by atoms with E-state index >= 15 is 0 Å². The lowest BCUT2D eigenvalue weighted by Crippen LogP contribution is -2.43. The van der Waals surface area contributed by atoms with Gasteiger partial charge in [0.25, 0.3) is 0 Å². The second kappa shape index (κ2) is 7.27. The molecular formula is C18H24F2N6S. The first kappa shape index (κ1) is 18.5. The normalized spacial score (nSPS) is 18.7. The van der Waals surface area contributed by atoms with Crippen LogP contribution in [0.15, 0.2) is 12.1 Å². The summed E-state index contributed by atoms with van der Waals surface area (Å²) in [5.74, 6) is 0.315. The van der Waals surface area contributed by atoms with Crippen LogP contribution < -0.4 is 15.1 Å². The fourth-order valence-corrected chi connectivity index (χ4v) is 4.03. The molecule has 27 heavy (non-hydrogen) atoms. The van der Waals surface area contributed by atoms with Crippen molar-refractivity contribution in [3.63, 3.8) is 0 Å². The third kappa shape index (κ3) is 3.62. The number of fused-ring (bicyclic) bond motifs is 1. The van der Waals surface area contributed by atoms with E-state index in [1.54, 1.807) is 18.0 Å². The van der Waals surface area contributed by atoms with Crippen LogP contribution in [0.25, 0.3) is 10.9 Å². The fraction of sp³-hybridized carbons (Fsp3) is 0.556. The van der Waals surface area contributed by atoms with E-state index in [1.165, 1.54) is 6.92 Å². The number of halogens is 2. The molecule has 4 rings (SSSR count). The predicted octanol–water partition coefficient (Wildman–Crippen LogP) is 3.34. The van der Waals surface area contributed by atoms with Gasteiger partial charge in [-0.2, -0.15) is 5.10 Å². The van der Waals surface area contributed by atoms with Crippen LogP contribution in [0.5, 0.6) is 0 Å². The molecule has 0 amide bonds. The number of piperazine rings is 1. The van der Waals surface area contributed by atoms with Crippen LogP contribution in [0.1, 0.15) is 25.8 Å². The van der Waals surface area contributed by atoms with Gasteiger partial charge in [-0.3, -0.25) is 5.41 Å². The Kier molecular flexibility index (Phi) is 4.98. The van der Waals surface area contributed by atoms with Gasteiger partial charge in [-0.25, -0.2) is 13.5 Å². The van der Waals surface area contributed by atoms with E-state index in [2.05, 4.69) is 15.3 Å². The SMILES string of the molecule is CC(F)SC(=N)N(C)c1c2cc(N3CCNCC3)cc(F)c2nn1C1CC1. The van der Waals surface area contributed by atoms with Crippen LogP contribution in [0.3, 0.4) is 0 Å². The summed E-state index contributed by atoms with van der Waals surface area (Å²) in [4.78, 5) is 3.77. The van der Waals surface area contributed by atoms with E-state index in [-0.39, 0.29) is 17.0 Å². The molecule has 2 heterocycles. The van der Waals surface area contributed by atoms with Crippen molar-refractivity contribution in [3.8, 4) is 0 Å². The topological polar surface area (TPSA) is 60.2 Å². The number of anilines is 2. The van der Waals surface area contributed by atoms with E-state index in [4.69, 9.17) is 5.41 Å². The highest BCUT2D eigenvalue weighted by atomic mass is 32.2. The Labute approximate surface area is 161 Å². The number of hydrogen-bond acceptors (Lipinski definition) is 5. The van der Waals surface area contributed by atoms with Gasteiger partial charge in [0.05, 0.1) is 6.04 Å². The highest BCUT2D eigenvalue weighted by molar-refractivity contribution is 8.14. The minimum absolute atomic E-state index is 0.0849. The lowest BCUT2D eigenvalue weighted by Gasteiger charge is -2.29. The maximum Gasteiger partial charge on any atom is 0.164 e. The summed E-state index contributed by atoms with van der Waals surface area (Å²) < 4.78 is 30.1. The molecule has 1 aromatic carbocycles. The van der Waals surface area contributed by atoms with Gasteiger partial charge in [0.15, 0.2) is 11.0 Å². The molecule has 1 aliphatic carbocycles. The Bertz CT molecular complexity index is 857. The summed E-state index contributed by atoms with van der Waals surface area (Å²) in [5.41, 5.74) is -0.0464. The van der Waals surface area contributed by atoms with Gasteiger partial charge in [0.2, 0.25) is 0 Å². The zero-order chi connectivity index (χ0) is 19.1. The van der Waals surface area contributed by atoms with E-state index < -0.39 is 5.50 Å². The minimum Gasteiger partial charge on any atom is -0.369 e. The van der Waals surface area contributed by atoms with Crippen molar-refractivity contribution in [1.82, 2.24) is 15.1 Å². The zero-order valence-corrected chi connectivity index (χ0v) is 16.3. The number of thioether (sulfide) groups is 1. The van der Waals surface area contributed by atoms with Gasteiger partial charge in [-0.1, -0.05) is 11.8 Å². The molecule has 146 valence electrons. The minimum atomic E-state index is -1.18. The number of hydrogen-bond donors (Lipinski definition) is 2. The number of nitrogens with zero attached hydrogens (tertiary/aromatic N) is 4. The van der Waals surface area contributed by atoms with E-state index in [0.717, 1.165) is 56.5 Å². The smallest absolute Gasteiger partial charge is 0.164 e. The van der Waals surface area contributed by atoms with Crippen molar-refractivity contribution >= 4 is 39.3 Å². The Balaban J connectivity index is 1.80. The van der Waals surface area contributed by atoms with E-state index in [1.807, 2.05) is 10.7 Å². The van der Waals surface area contributed by atoms with Gasteiger partial charge < -0.3 is 15.1 Å². The molecule has 1 aliphatic heterocycles. The Hall–Kier alpha value is -1.87. The highest BCUT2D eigenvalue weighted by Crippen LogP contribution is 2.42. The average molecular weight is 394 g/mol. The van der Waals surface area contributed by atoms with Crippen LogP contribution >= 0.6 is 11.8 Å². The number of nitrogens with one attached hydrogen (secondary N) is 2. The van der Waals surface area contributed by atoms with Crippen LogP contribution in [-0.4, -0.2) is 53.7 Å². The molecule has 0 spiro atoms. The Morgan fingerprint density at radius 1 is 1.37 bits per heavy atom. The zero-order valence-electron chi connectivity index (χ0n) is 15.5. The quantitative estimate of drug-likeness (QED) is 0.615. The summed E-state index contributed by atoms with van der Waals surface area (Å²) in [6, 6.07) is 3.72. The fourth-order valence-electron chi connectivity index (χ4n) is 3.48. The molecule has 1 unspecified atom stereocenters. The summed E-state index contributed by atoms with van der Waals surface area (Å²) in [5, 5.41) is 16.8. The molecule has 0 radical (unpaired) electrons. The molecule has 6 nitrogen and oxygen atoms in total. The van der Waals surface area contributed by atoms with E-state index in [0.29, 0.717) is 16.7 Å². The van der Waals surface area contributed by atoms with Crippen molar-refractivity contribution in [2.45, 2.75) is 31.3 Å². The standard InChI is InChI=1S/C18H24F2N6S/c1-11(19)27-18(21)24(2)17-14-9-13(25-7-5-22-6-8-25)10-15(20)16(14)23-26(17)12-3-4-12/h9-12,21-22H,3-8H2,1-2H3. The molecule has 1 saturated heterocycles. The summed E-state index contributed by atoms with van der Waals surface area (Å²) in [7, 11) is 1.72. The molecule has 9 heteroatoms. The summed E-state index contributed by atoms with van der Waals surface area (Å²) in [6.45, 7) is 4.77. The van der Waals surface area contributed by atoms with E-state index in [9.17, 15) is 8.78 Å². The summed E-state index contributed by atoms with van der Waals surface area (Å²) >= 11 is 0.836. The number of aromatic nitrogens is 2. The summed E-state index contributed by atoms with van der Waals surface area (Å²) in [6.07, 6.45) is 1.97. The molecular weight excluding hydrogens is 370 g/mol. The largest absolute Gasteiger partial charge is 0.369 e. The van der Waals surface area contributed by atoms with Crippen molar-refractivity contribution < 1.29 is 8.78 Å². The molecule has 2 aromatic rings. The van der Waals surface area contributed by atoms with Crippen molar-refractivity contribution in [3.05, 3.63) is 17.9 Å². The monoisotopic (exact) mass is 394 g/mol. The number of rotatable bonds is 4. The first-order valence-corrected chi connectivity index (χ1v) is 10.1.